The number of nitrogens with zero attached hydrogens (tertiary/aromatic N) is 4. The van der Waals surface area contributed by atoms with Crippen molar-refractivity contribution in [1.82, 2.24) is 19.5 Å². The van der Waals surface area contributed by atoms with Gasteiger partial charge in [0.15, 0.2) is 27.1 Å². The van der Waals surface area contributed by atoms with Crippen LogP contribution in [0.1, 0.15) is 29.8 Å². The second-order valence-corrected chi connectivity index (χ2v) is 8.34. The first-order valence-electron chi connectivity index (χ1n) is 8.09. The van der Waals surface area contributed by atoms with Crippen LogP contribution in [0, 0.1) is 0 Å². The monoisotopic (exact) mass is 412 g/mol. The molecule has 148 valence electrons. The number of halogens is 3. The van der Waals surface area contributed by atoms with Crippen molar-refractivity contribution < 1.29 is 26.4 Å². The number of pyridine rings is 2. The van der Waals surface area contributed by atoms with E-state index < -0.39 is 21.6 Å². The topological polar surface area (TPSA) is 94.8 Å². The van der Waals surface area contributed by atoms with E-state index >= 15 is 0 Å². The fourth-order valence-corrected chi connectivity index (χ4v) is 3.70. The molecule has 7 nitrogen and oxygen atoms in total. The molecule has 0 saturated carbocycles. The Labute approximate surface area is 158 Å². The quantitative estimate of drug-likeness (QED) is 0.612. The van der Waals surface area contributed by atoms with Gasteiger partial charge in [-0.15, -0.1) is 0 Å². The molecule has 3 aromatic heterocycles. The molecule has 0 aliphatic heterocycles. The van der Waals surface area contributed by atoms with E-state index in [1.807, 2.05) is 0 Å². The number of rotatable bonds is 4. The molecule has 0 aliphatic rings. The zero-order chi connectivity index (χ0) is 20.9. The lowest BCUT2D eigenvalue weighted by Gasteiger charge is -2.10. The molecule has 3 heterocycles. The first-order valence-corrected chi connectivity index (χ1v) is 9.74. The van der Waals surface area contributed by atoms with Crippen LogP contribution in [0.25, 0.3) is 22.7 Å². The van der Waals surface area contributed by atoms with Crippen molar-refractivity contribution in [3.63, 3.8) is 0 Å². The number of alkyl halides is 3. The van der Waals surface area contributed by atoms with Crippen LogP contribution in [0.2, 0.25) is 0 Å². The number of aromatic nitrogens is 4. The maximum atomic E-state index is 12.9. The van der Waals surface area contributed by atoms with E-state index in [-0.39, 0.29) is 44.7 Å². The highest BCUT2D eigenvalue weighted by Gasteiger charge is 2.32. The van der Waals surface area contributed by atoms with E-state index in [0.29, 0.717) is 6.20 Å². The standard InChI is InChI=1S/C17H15F3N4O3S/c1-4-28(26,27)13-5-10(9(2)25)7-21-14(13)16-23-12-6-11(17(18,19)20)8-22-15(12)24(16)3/h5-8H,4H2,1-3H3. The number of hydrogen-bond acceptors (Lipinski definition) is 6. The van der Waals surface area contributed by atoms with Crippen molar-refractivity contribution >= 4 is 26.8 Å². The van der Waals surface area contributed by atoms with Crippen LogP contribution in [-0.2, 0) is 23.1 Å². The number of hydrogen-bond donors (Lipinski definition) is 0. The average Bonchev–Trinajstić information content (AvgIpc) is 2.96. The van der Waals surface area contributed by atoms with Gasteiger partial charge in [0.25, 0.3) is 0 Å². The lowest BCUT2D eigenvalue weighted by Crippen LogP contribution is -2.10. The number of Topliss-reactive ketones (excluding diaryl/α,β-unsaturated/α-hetero) is 1. The van der Waals surface area contributed by atoms with E-state index in [1.165, 1.54) is 37.7 Å². The summed E-state index contributed by atoms with van der Waals surface area (Å²) in [6.45, 7) is 2.71. The summed E-state index contributed by atoms with van der Waals surface area (Å²) in [5, 5.41) is 0. The summed E-state index contributed by atoms with van der Waals surface area (Å²) < 4.78 is 65.2. The molecule has 11 heteroatoms. The number of sulfone groups is 1. The number of carbonyl (C=O) groups excluding carboxylic acids is 1. The Morgan fingerprint density at radius 3 is 2.43 bits per heavy atom. The van der Waals surface area contributed by atoms with Crippen molar-refractivity contribution in [3.8, 4) is 11.5 Å². The van der Waals surface area contributed by atoms with Crippen LogP contribution in [0.5, 0.6) is 0 Å². The summed E-state index contributed by atoms with van der Waals surface area (Å²) in [5.41, 5.74) is -0.830. The van der Waals surface area contributed by atoms with Gasteiger partial charge in [-0.1, -0.05) is 6.92 Å². The van der Waals surface area contributed by atoms with Crippen LogP contribution in [0.4, 0.5) is 13.2 Å². The fraction of sp³-hybridized carbons (Fsp3) is 0.294. The van der Waals surface area contributed by atoms with Crippen molar-refractivity contribution in [3.05, 3.63) is 35.7 Å². The molecule has 0 aromatic carbocycles. The Bertz CT molecular complexity index is 1200. The van der Waals surface area contributed by atoms with Crippen LogP contribution >= 0.6 is 0 Å². The molecule has 0 amide bonds. The van der Waals surface area contributed by atoms with Crippen molar-refractivity contribution in [2.75, 3.05) is 5.75 Å². The molecule has 0 fully saturated rings. The molecule has 0 aliphatic carbocycles. The Morgan fingerprint density at radius 1 is 1.18 bits per heavy atom. The van der Waals surface area contributed by atoms with Crippen molar-refractivity contribution in [2.24, 2.45) is 7.05 Å². The Balaban J connectivity index is 2.30. The van der Waals surface area contributed by atoms with E-state index in [2.05, 4.69) is 15.0 Å². The number of aryl methyl sites for hydroxylation is 1. The van der Waals surface area contributed by atoms with Crippen molar-refractivity contribution in [1.29, 1.82) is 0 Å². The molecule has 0 spiro atoms. The highest BCUT2D eigenvalue weighted by Crippen LogP contribution is 2.32. The smallest absolute Gasteiger partial charge is 0.310 e. The van der Waals surface area contributed by atoms with Gasteiger partial charge in [0.1, 0.15) is 11.2 Å². The third-order valence-electron chi connectivity index (χ3n) is 4.22. The van der Waals surface area contributed by atoms with Crippen molar-refractivity contribution in [2.45, 2.75) is 24.9 Å². The zero-order valence-electron chi connectivity index (χ0n) is 15.1. The minimum absolute atomic E-state index is 0.0314. The Morgan fingerprint density at radius 2 is 1.86 bits per heavy atom. The molecule has 0 bridgehead atoms. The molecule has 28 heavy (non-hydrogen) atoms. The number of imidazole rings is 1. The van der Waals surface area contributed by atoms with Crippen LogP contribution in [0.3, 0.4) is 0 Å². The van der Waals surface area contributed by atoms with E-state index in [4.69, 9.17) is 0 Å². The second-order valence-electron chi connectivity index (χ2n) is 6.09. The minimum atomic E-state index is -4.59. The SMILES string of the molecule is CCS(=O)(=O)c1cc(C(C)=O)cnc1-c1nc2cc(C(F)(F)F)cnc2n1C. The maximum Gasteiger partial charge on any atom is 0.417 e. The summed E-state index contributed by atoms with van der Waals surface area (Å²) >= 11 is 0. The van der Waals surface area contributed by atoms with Gasteiger partial charge in [-0.3, -0.25) is 9.78 Å². The molecule has 0 radical (unpaired) electrons. The maximum absolute atomic E-state index is 12.9. The molecular weight excluding hydrogens is 397 g/mol. The molecule has 0 N–H and O–H groups in total. The Hall–Kier alpha value is -2.82. The zero-order valence-corrected chi connectivity index (χ0v) is 15.9. The third-order valence-corrected chi connectivity index (χ3v) is 5.96. The van der Waals surface area contributed by atoms with Gasteiger partial charge in [0.05, 0.1) is 16.2 Å². The minimum Gasteiger partial charge on any atom is -0.310 e. The summed E-state index contributed by atoms with van der Waals surface area (Å²) in [4.78, 5) is 23.4. The van der Waals surface area contributed by atoms with E-state index in [1.54, 1.807) is 0 Å². The van der Waals surface area contributed by atoms with E-state index in [0.717, 1.165) is 6.07 Å². The highest BCUT2D eigenvalue weighted by molar-refractivity contribution is 7.91. The molecule has 3 aromatic rings. The van der Waals surface area contributed by atoms with Gasteiger partial charge >= 0.3 is 6.18 Å². The summed E-state index contributed by atoms with van der Waals surface area (Å²) in [7, 11) is -2.29. The molecule has 0 unspecified atom stereocenters. The number of fused-ring (bicyclic) bond motifs is 1. The first kappa shape index (κ1) is 19.9. The summed E-state index contributed by atoms with van der Waals surface area (Å²) in [6, 6.07) is 2.04. The Kier molecular flexibility index (Phi) is 4.74. The first-order chi connectivity index (χ1) is 13.0. The predicted molar refractivity (Wildman–Crippen MR) is 94.5 cm³/mol. The molecule has 0 saturated heterocycles. The second kappa shape index (κ2) is 6.66. The lowest BCUT2D eigenvalue weighted by molar-refractivity contribution is -0.137. The van der Waals surface area contributed by atoms with E-state index in [9.17, 15) is 26.4 Å². The van der Waals surface area contributed by atoms with Crippen LogP contribution in [0.15, 0.2) is 29.4 Å². The molecule has 3 rings (SSSR count). The third kappa shape index (κ3) is 3.37. The van der Waals surface area contributed by atoms with Gasteiger partial charge in [-0.2, -0.15) is 13.2 Å². The summed E-state index contributed by atoms with van der Waals surface area (Å²) in [5.74, 6) is -0.583. The van der Waals surface area contributed by atoms with Crippen LogP contribution in [-0.4, -0.2) is 39.5 Å². The number of ketones is 1. The lowest BCUT2D eigenvalue weighted by atomic mass is 10.2. The predicted octanol–water partition coefficient (Wildman–Crippen LogP) is 3.05. The fourth-order valence-electron chi connectivity index (χ4n) is 2.64. The largest absolute Gasteiger partial charge is 0.417 e. The van der Waals surface area contributed by atoms with Gasteiger partial charge in [-0.05, 0) is 19.1 Å². The number of carbonyl (C=O) groups is 1. The summed E-state index contributed by atoms with van der Waals surface area (Å²) in [6.07, 6.45) is -2.69. The van der Waals surface area contributed by atoms with Gasteiger partial charge in [0.2, 0.25) is 0 Å². The highest BCUT2D eigenvalue weighted by atomic mass is 32.2. The average molecular weight is 412 g/mol. The normalized spacial score (nSPS) is 12.5. The van der Waals surface area contributed by atoms with Crippen LogP contribution < -0.4 is 0 Å². The molecular formula is C17H15F3N4O3S. The van der Waals surface area contributed by atoms with Gasteiger partial charge in [0, 0.05) is 25.0 Å². The van der Waals surface area contributed by atoms with Gasteiger partial charge in [-0.25, -0.2) is 18.4 Å². The molecule has 0 atom stereocenters. The van der Waals surface area contributed by atoms with Gasteiger partial charge < -0.3 is 4.57 Å².